The van der Waals surface area contributed by atoms with Gasteiger partial charge in [0.05, 0.1) is 11.5 Å². The third-order valence-electron chi connectivity index (χ3n) is 2.06. The number of esters is 1. The van der Waals surface area contributed by atoms with Crippen LogP contribution >= 0.6 is 15.9 Å². The first-order valence-electron chi connectivity index (χ1n) is 5.35. The predicted octanol–water partition coefficient (Wildman–Crippen LogP) is 0.917. The average Bonchev–Trinajstić information content (AvgIpc) is 2.37. The second kappa shape index (κ2) is 7.59. The highest BCUT2D eigenvalue weighted by Gasteiger charge is 2.16. The van der Waals surface area contributed by atoms with E-state index in [2.05, 4.69) is 20.7 Å². The SMILES string of the molecule is COCCOC(=O)CNS(=O)(=O)c1cccc(Br)c1. The molecule has 19 heavy (non-hydrogen) atoms. The Morgan fingerprint density at radius 3 is 2.74 bits per heavy atom. The number of ether oxygens (including phenoxy) is 2. The molecule has 0 bridgehead atoms. The van der Waals surface area contributed by atoms with E-state index in [9.17, 15) is 13.2 Å². The topological polar surface area (TPSA) is 81.7 Å². The summed E-state index contributed by atoms with van der Waals surface area (Å²) in [5, 5.41) is 0. The van der Waals surface area contributed by atoms with Gasteiger partial charge in [-0.1, -0.05) is 22.0 Å². The zero-order valence-electron chi connectivity index (χ0n) is 10.3. The van der Waals surface area contributed by atoms with E-state index in [-0.39, 0.29) is 18.1 Å². The molecule has 1 aromatic carbocycles. The molecule has 0 unspecified atom stereocenters. The van der Waals surface area contributed by atoms with E-state index in [1.165, 1.54) is 19.2 Å². The maximum Gasteiger partial charge on any atom is 0.321 e. The van der Waals surface area contributed by atoms with Crippen LogP contribution in [0.3, 0.4) is 0 Å². The number of halogens is 1. The van der Waals surface area contributed by atoms with E-state index in [0.29, 0.717) is 4.47 Å². The lowest BCUT2D eigenvalue weighted by molar-refractivity contribution is -0.143. The Labute approximate surface area is 120 Å². The van der Waals surface area contributed by atoms with Crippen molar-refractivity contribution in [2.45, 2.75) is 4.90 Å². The van der Waals surface area contributed by atoms with Crippen LogP contribution in [0.5, 0.6) is 0 Å². The molecule has 0 aliphatic heterocycles. The first kappa shape index (κ1) is 16.1. The summed E-state index contributed by atoms with van der Waals surface area (Å²) in [5.74, 6) is -0.657. The van der Waals surface area contributed by atoms with Crippen molar-refractivity contribution < 1.29 is 22.7 Å². The second-order valence-electron chi connectivity index (χ2n) is 3.50. The van der Waals surface area contributed by atoms with Gasteiger partial charge in [0, 0.05) is 11.6 Å². The van der Waals surface area contributed by atoms with E-state index < -0.39 is 22.5 Å². The van der Waals surface area contributed by atoms with Crippen molar-refractivity contribution in [2.75, 3.05) is 26.9 Å². The van der Waals surface area contributed by atoms with Crippen LogP contribution in [0.15, 0.2) is 33.6 Å². The summed E-state index contributed by atoms with van der Waals surface area (Å²) in [6, 6.07) is 6.18. The van der Waals surface area contributed by atoms with Crippen LogP contribution in [0.4, 0.5) is 0 Å². The largest absolute Gasteiger partial charge is 0.462 e. The maximum absolute atomic E-state index is 11.9. The van der Waals surface area contributed by atoms with Crippen molar-refractivity contribution in [1.82, 2.24) is 4.72 Å². The van der Waals surface area contributed by atoms with Gasteiger partial charge < -0.3 is 9.47 Å². The van der Waals surface area contributed by atoms with Crippen LogP contribution in [0, 0.1) is 0 Å². The van der Waals surface area contributed by atoms with E-state index in [1.807, 2.05) is 0 Å². The van der Waals surface area contributed by atoms with Gasteiger partial charge in [0.1, 0.15) is 13.2 Å². The molecule has 1 aromatic rings. The standard InChI is InChI=1S/C11H14BrNO5S/c1-17-5-6-18-11(14)8-13-19(15,16)10-4-2-3-9(12)7-10/h2-4,7,13H,5-6,8H2,1H3. The quantitative estimate of drug-likeness (QED) is 0.583. The summed E-state index contributed by atoms with van der Waals surface area (Å²) >= 11 is 3.18. The van der Waals surface area contributed by atoms with Gasteiger partial charge in [-0.15, -0.1) is 0 Å². The van der Waals surface area contributed by atoms with Crippen molar-refractivity contribution >= 4 is 31.9 Å². The van der Waals surface area contributed by atoms with Gasteiger partial charge >= 0.3 is 5.97 Å². The van der Waals surface area contributed by atoms with Crippen LogP contribution in [-0.2, 0) is 24.3 Å². The molecule has 106 valence electrons. The molecule has 0 radical (unpaired) electrons. The molecule has 1 N–H and O–H groups in total. The average molecular weight is 352 g/mol. The molecule has 0 fully saturated rings. The van der Waals surface area contributed by atoms with E-state index in [1.54, 1.807) is 12.1 Å². The molecule has 0 atom stereocenters. The summed E-state index contributed by atoms with van der Waals surface area (Å²) in [6.45, 7) is -0.0589. The number of carbonyl (C=O) groups excluding carboxylic acids is 1. The highest BCUT2D eigenvalue weighted by molar-refractivity contribution is 9.10. The number of carbonyl (C=O) groups is 1. The van der Waals surface area contributed by atoms with Gasteiger partial charge in [0.2, 0.25) is 10.0 Å². The first-order valence-corrected chi connectivity index (χ1v) is 7.63. The number of hydrogen-bond donors (Lipinski definition) is 1. The monoisotopic (exact) mass is 351 g/mol. The van der Waals surface area contributed by atoms with Gasteiger partial charge in [-0.2, -0.15) is 4.72 Å². The number of methoxy groups -OCH3 is 1. The fraction of sp³-hybridized carbons (Fsp3) is 0.364. The van der Waals surface area contributed by atoms with Gasteiger partial charge in [-0.3, -0.25) is 4.79 Å². The first-order chi connectivity index (χ1) is 8.95. The molecule has 0 amide bonds. The van der Waals surface area contributed by atoms with Gasteiger partial charge in [-0.25, -0.2) is 8.42 Å². The predicted molar refractivity (Wildman–Crippen MR) is 72.2 cm³/mol. The van der Waals surface area contributed by atoms with Crippen LogP contribution in [-0.4, -0.2) is 41.3 Å². The van der Waals surface area contributed by atoms with E-state index in [4.69, 9.17) is 9.47 Å². The van der Waals surface area contributed by atoms with Crippen LogP contribution in [0.25, 0.3) is 0 Å². The molecule has 1 rings (SSSR count). The lowest BCUT2D eigenvalue weighted by Gasteiger charge is -2.07. The van der Waals surface area contributed by atoms with E-state index in [0.717, 1.165) is 0 Å². The van der Waals surface area contributed by atoms with Crippen molar-refractivity contribution in [3.05, 3.63) is 28.7 Å². The molecular weight excluding hydrogens is 338 g/mol. The fourth-order valence-corrected chi connectivity index (χ4v) is 2.73. The number of sulfonamides is 1. The van der Waals surface area contributed by atoms with E-state index >= 15 is 0 Å². The molecule has 6 nitrogen and oxygen atoms in total. The van der Waals surface area contributed by atoms with Crippen LogP contribution in [0.2, 0.25) is 0 Å². The molecular formula is C11H14BrNO5S. The van der Waals surface area contributed by atoms with Gasteiger partial charge in [0.15, 0.2) is 0 Å². The van der Waals surface area contributed by atoms with Crippen LogP contribution in [0.1, 0.15) is 0 Å². The highest BCUT2D eigenvalue weighted by Crippen LogP contribution is 2.15. The second-order valence-corrected chi connectivity index (χ2v) is 6.18. The smallest absolute Gasteiger partial charge is 0.321 e. The minimum atomic E-state index is -3.72. The summed E-state index contributed by atoms with van der Waals surface area (Å²) in [6.07, 6.45) is 0. The molecule has 0 spiro atoms. The van der Waals surface area contributed by atoms with Gasteiger partial charge in [-0.05, 0) is 18.2 Å². The fourth-order valence-electron chi connectivity index (χ4n) is 1.16. The van der Waals surface area contributed by atoms with Crippen molar-refractivity contribution in [2.24, 2.45) is 0 Å². The third kappa shape index (κ3) is 5.68. The van der Waals surface area contributed by atoms with Crippen LogP contribution < -0.4 is 4.72 Å². The summed E-state index contributed by atoms with van der Waals surface area (Å²) < 4.78 is 35.9. The normalized spacial score (nSPS) is 11.3. The zero-order valence-corrected chi connectivity index (χ0v) is 12.7. The number of rotatable bonds is 7. The summed E-state index contributed by atoms with van der Waals surface area (Å²) in [5.41, 5.74) is 0. The highest BCUT2D eigenvalue weighted by atomic mass is 79.9. The summed E-state index contributed by atoms with van der Waals surface area (Å²) in [7, 11) is -2.24. The Kier molecular flexibility index (Phi) is 6.43. The molecule has 0 aliphatic carbocycles. The summed E-state index contributed by atoms with van der Waals surface area (Å²) in [4.78, 5) is 11.3. The van der Waals surface area contributed by atoms with Gasteiger partial charge in [0.25, 0.3) is 0 Å². The minimum absolute atomic E-state index is 0.0755. The number of hydrogen-bond acceptors (Lipinski definition) is 5. The Morgan fingerprint density at radius 1 is 1.37 bits per heavy atom. The Balaban J connectivity index is 2.54. The molecule has 0 saturated carbocycles. The number of benzene rings is 1. The Hall–Kier alpha value is -0.960. The minimum Gasteiger partial charge on any atom is -0.462 e. The van der Waals surface area contributed by atoms with Crippen molar-refractivity contribution in [3.63, 3.8) is 0 Å². The number of nitrogens with one attached hydrogen (secondary N) is 1. The lowest BCUT2D eigenvalue weighted by atomic mass is 10.4. The molecule has 0 heterocycles. The molecule has 8 heteroatoms. The molecule has 0 aliphatic rings. The Morgan fingerprint density at radius 2 is 2.11 bits per heavy atom. The Bertz CT molecular complexity index is 532. The molecule has 0 saturated heterocycles. The third-order valence-corrected chi connectivity index (χ3v) is 3.96. The zero-order chi connectivity index (χ0) is 14.3. The lowest BCUT2D eigenvalue weighted by Crippen LogP contribution is -2.31. The van der Waals surface area contributed by atoms with Crippen molar-refractivity contribution in [1.29, 1.82) is 0 Å². The van der Waals surface area contributed by atoms with Crippen molar-refractivity contribution in [3.8, 4) is 0 Å². The maximum atomic E-state index is 11.9. The molecule has 0 aromatic heterocycles.